The van der Waals surface area contributed by atoms with Gasteiger partial charge in [-0.3, -0.25) is 4.90 Å². The van der Waals surface area contributed by atoms with E-state index < -0.39 is 35.7 Å². The van der Waals surface area contributed by atoms with Crippen molar-refractivity contribution in [1.82, 2.24) is 0 Å². The Morgan fingerprint density at radius 2 is 1.71 bits per heavy atom. The molecule has 2 aromatic rings. The van der Waals surface area contributed by atoms with E-state index in [4.69, 9.17) is 15.2 Å². The number of alkyl halides is 3. The van der Waals surface area contributed by atoms with Gasteiger partial charge in [0.25, 0.3) is 0 Å². The van der Waals surface area contributed by atoms with E-state index in [2.05, 4.69) is 20.7 Å². The second kappa shape index (κ2) is 10.1. The van der Waals surface area contributed by atoms with Crippen LogP contribution in [-0.4, -0.2) is 32.5 Å². The Morgan fingerprint density at radius 1 is 1.09 bits per heavy atom. The van der Waals surface area contributed by atoms with Crippen molar-refractivity contribution < 1.29 is 37.0 Å². The molecule has 12 heteroatoms. The largest absolute Gasteiger partial charge is 0.573 e. The summed E-state index contributed by atoms with van der Waals surface area (Å²) in [6.07, 6.45) is -5.00. The highest BCUT2D eigenvalue weighted by molar-refractivity contribution is 9.10. The summed E-state index contributed by atoms with van der Waals surface area (Å²) in [5.74, 6) is -4.06. The molecule has 0 aromatic heterocycles. The van der Waals surface area contributed by atoms with Crippen LogP contribution in [0.15, 0.2) is 75.7 Å². The smallest absolute Gasteiger partial charge is 0.466 e. The molecule has 2 aromatic carbocycles. The van der Waals surface area contributed by atoms with Crippen molar-refractivity contribution in [2.24, 2.45) is 5.73 Å². The van der Waals surface area contributed by atoms with Gasteiger partial charge in [-0.05, 0) is 33.6 Å². The number of hydrogen-bond acceptors (Lipinski definition) is 8. The van der Waals surface area contributed by atoms with E-state index in [-0.39, 0.29) is 27.1 Å². The first-order valence-electron chi connectivity index (χ1n) is 9.75. The summed E-state index contributed by atoms with van der Waals surface area (Å²) in [6, 6.07) is 13.4. The lowest BCUT2D eigenvalue weighted by Gasteiger charge is -2.36. The molecule has 182 valence electrons. The third-order valence-electron chi connectivity index (χ3n) is 5.00. The van der Waals surface area contributed by atoms with Crippen LogP contribution in [0.5, 0.6) is 5.75 Å². The van der Waals surface area contributed by atoms with Crippen LogP contribution in [-0.2, 0) is 19.1 Å². The van der Waals surface area contributed by atoms with Gasteiger partial charge in [-0.25, -0.2) is 9.59 Å². The maximum atomic E-state index is 13.0. The zero-order chi connectivity index (χ0) is 25.9. The number of carbonyl (C=O) groups excluding carboxylic acids is 2. The van der Waals surface area contributed by atoms with Crippen molar-refractivity contribution in [1.29, 1.82) is 5.26 Å². The molecule has 0 aliphatic carbocycles. The third-order valence-corrected chi connectivity index (χ3v) is 5.67. The molecule has 1 aliphatic rings. The number of hydrogen-bond donors (Lipinski definition) is 1. The number of allylic oxidation sites excluding steroid dienone is 1. The molecule has 1 heterocycles. The molecular weight excluding hydrogens is 535 g/mol. The fourth-order valence-electron chi connectivity index (χ4n) is 3.62. The van der Waals surface area contributed by atoms with Gasteiger partial charge in [0, 0.05) is 10.5 Å². The quantitative estimate of drug-likeness (QED) is 0.548. The van der Waals surface area contributed by atoms with E-state index in [0.717, 1.165) is 31.3 Å². The number of nitriles is 1. The Morgan fingerprint density at radius 3 is 2.26 bits per heavy atom. The molecular formula is C23H17BrF3N3O5. The fourth-order valence-corrected chi connectivity index (χ4v) is 4.05. The Labute approximate surface area is 206 Å². The van der Waals surface area contributed by atoms with Crippen LogP contribution < -0.4 is 15.4 Å². The van der Waals surface area contributed by atoms with Crippen molar-refractivity contribution >= 4 is 33.6 Å². The number of nitrogens with zero attached hydrogens (tertiary/aromatic N) is 2. The summed E-state index contributed by atoms with van der Waals surface area (Å²) in [5, 5.41) is 10.00. The minimum absolute atomic E-state index is 0.120. The van der Waals surface area contributed by atoms with Gasteiger partial charge in [-0.1, -0.05) is 30.3 Å². The zero-order valence-corrected chi connectivity index (χ0v) is 19.8. The molecule has 0 fully saturated rings. The number of anilines is 1. The molecule has 1 atom stereocenters. The van der Waals surface area contributed by atoms with E-state index in [1.165, 1.54) is 6.07 Å². The van der Waals surface area contributed by atoms with Crippen molar-refractivity contribution in [3.8, 4) is 11.8 Å². The van der Waals surface area contributed by atoms with Crippen LogP contribution in [0.25, 0.3) is 0 Å². The monoisotopic (exact) mass is 551 g/mol. The Balaban J connectivity index is 2.40. The number of benzene rings is 2. The molecule has 0 saturated heterocycles. The van der Waals surface area contributed by atoms with Crippen LogP contribution in [0, 0.1) is 11.3 Å². The lowest BCUT2D eigenvalue weighted by atomic mass is 9.81. The Hall–Kier alpha value is -3.98. The molecule has 0 amide bonds. The summed E-state index contributed by atoms with van der Waals surface area (Å²) in [6.45, 7) is 0. The Bertz CT molecular complexity index is 1270. The van der Waals surface area contributed by atoms with Gasteiger partial charge < -0.3 is 19.9 Å². The van der Waals surface area contributed by atoms with E-state index in [0.29, 0.717) is 5.56 Å². The van der Waals surface area contributed by atoms with Crippen LogP contribution in [0.4, 0.5) is 18.9 Å². The summed E-state index contributed by atoms with van der Waals surface area (Å²) in [7, 11) is 2.13. The molecule has 0 saturated carbocycles. The minimum atomic E-state index is -5.00. The fraction of sp³-hybridized carbons (Fsp3) is 0.174. The Kier molecular flexibility index (Phi) is 7.40. The highest BCUT2D eigenvalue weighted by atomic mass is 79.9. The molecule has 0 bridgehead atoms. The second-order valence-corrected chi connectivity index (χ2v) is 7.85. The first kappa shape index (κ1) is 25.6. The van der Waals surface area contributed by atoms with Gasteiger partial charge in [-0.2, -0.15) is 5.26 Å². The SMILES string of the molecule is COC(=O)C1=C(C(=O)OC)N(c2cc(OC(F)(F)F)ccc2Br)C(N)=C(C#N)C1c1ccccc1. The molecule has 0 spiro atoms. The number of esters is 2. The van der Waals surface area contributed by atoms with Crippen LogP contribution in [0.2, 0.25) is 0 Å². The van der Waals surface area contributed by atoms with Gasteiger partial charge in [-0.15, -0.1) is 13.2 Å². The van der Waals surface area contributed by atoms with E-state index >= 15 is 0 Å². The average molecular weight is 552 g/mol. The lowest BCUT2D eigenvalue weighted by molar-refractivity contribution is -0.274. The normalized spacial score (nSPS) is 16.0. The van der Waals surface area contributed by atoms with Crippen molar-refractivity contribution in [3.05, 3.63) is 81.2 Å². The van der Waals surface area contributed by atoms with Gasteiger partial charge >= 0.3 is 18.3 Å². The van der Waals surface area contributed by atoms with Crippen LogP contribution >= 0.6 is 15.9 Å². The zero-order valence-electron chi connectivity index (χ0n) is 18.2. The molecule has 35 heavy (non-hydrogen) atoms. The van der Waals surface area contributed by atoms with Gasteiger partial charge in [0.1, 0.15) is 17.3 Å². The highest BCUT2D eigenvalue weighted by Crippen LogP contribution is 2.45. The average Bonchev–Trinajstić information content (AvgIpc) is 2.83. The van der Waals surface area contributed by atoms with E-state index in [1.807, 2.05) is 6.07 Å². The second-order valence-electron chi connectivity index (χ2n) is 7.00. The van der Waals surface area contributed by atoms with E-state index in [9.17, 15) is 28.0 Å². The van der Waals surface area contributed by atoms with Crippen molar-refractivity contribution in [2.45, 2.75) is 12.3 Å². The molecule has 0 radical (unpaired) electrons. The number of methoxy groups -OCH3 is 2. The topological polar surface area (TPSA) is 115 Å². The first-order chi connectivity index (χ1) is 16.5. The van der Waals surface area contributed by atoms with Gasteiger partial charge in [0.15, 0.2) is 0 Å². The summed E-state index contributed by atoms with van der Waals surface area (Å²) in [4.78, 5) is 27.0. The number of rotatable bonds is 5. The van der Waals surface area contributed by atoms with Gasteiger partial charge in [0.05, 0.1) is 43.0 Å². The third kappa shape index (κ3) is 5.09. The van der Waals surface area contributed by atoms with E-state index in [1.54, 1.807) is 30.3 Å². The lowest BCUT2D eigenvalue weighted by Crippen LogP contribution is -2.41. The van der Waals surface area contributed by atoms with Crippen molar-refractivity contribution in [2.75, 3.05) is 19.1 Å². The predicted octanol–water partition coefficient (Wildman–Crippen LogP) is 4.25. The number of halogens is 4. The number of nitrogens with two attached hydrogens (primary N) is 1. The highest BCUT2D eigenvalue weighted by Gasteiger charge is 2.43. The molecule has 3 rings (SSSR count). The molecule has 2 N–H and O–H groups in total. The maximum absolute atomic E-state index is 13.0. The van der Waals surface area contributed by atoms with Crippen LogP contribution in [0.1, 0.15) is 11.5 Å². The molecule has 1 aliphatic heterocycles. The standard InChI is InChI=1S/C23H17BrF3N3O5/c1-33-21(31)18-17(12-6-4-3-5-7-12)14(11-28)20(29)30(19(18)22(32)34-2)16-10-13(8-9-15(16)24)35-23(25,26)27/h3-10,17H,29H2,1-2H3. The number of carbonyl (C=O) groups is 2. The minimum Gasteiger partial charge on any atom is -0.466 e. The maximum Gasteiger partial charge on any atom is 0.573 e. The van der Waals surface area contributed by atoms with Gasteiger partial charge in [0.2, 0.25) is 0 Å². The predicted molar refractivity (Wildman–Crippen MR) is 120 cm³/mol. The van der Waals surface area contributed by atoms with Crippen LogP contribution in [0.3, 0.4) is 0 Å². The number of ether oxygens (including phenoxy) is 3. The summed E-state index contributed by atoms with van der Waals surface area (Å²) in [5.41, 5.74) is 5.79. The summed E-state index contributed by atoms with van der Waals surface area (Å²) >= 11 is 3.22. The molecule has 8 nitrogen and oxygen atoms in total. The first-order valence-corrected chi connectivity index (χ1v) is 10.5. The van der Waals surface area contributed by atoms with Crippen molar-refractivity contribution in [3.63, 3.8) is 0 Å². The molecule has 1 unspecified atom stereocenters. The summed E-state index contributed by atoms with van der Waals surface area (Å²) < 4.78 is 52.5.